The van der Waals surface area contributed by atoms with E-state index in [1.165, 1.54) is 31.4 Å². The average Bonchev–Trinajstić information content (AvgIpc) is 2.71. The summed E-state index contributed by atoms with van der Waals surface area (Å²) in [5, 5.41) is 0. The summed E-state index contributed by atoms with van der Waals surface area (Å²) in [5.41, 5.74) is -0.0598. The van der Waals surface area contributed by atoms with Crippen LogP contribution < -0.4 is 4.72 Å². The molecule has 2 aromatic rings. The first-order valence-electron chi connectivity index (χ1n) is 7.74. The van der Waals surface area contributed by atoms with Gasteiger partial charge >= 0.3 is 17.9 Å². The molecule has 0 heterocycles. The zero-order valence-electron chi connectivity index (χ0n) is 15.2. The summed E-state index contributed by atoms with van der Waals surface area (Å²) in [4.78, 5) is 34.9. The predicted molar refractivity (Wildman–Crippen MR) is 97.7 cm³/mol. The number of sulfonamides is 1. The van der Waals surface area contributed by atoms with Gasteiger partial charge in [-0.05, 0) is 36.4 Å². The van der Waals surface area contributed by atoms with Gasteiger partial charge in [0.1, 0.15) is 0 Å². The summed E-state index contributed by atoms with van der Waals surface area (Å²) in [6.45, 7) is 0. The second kappa shape index (κ2) is 8.53. The van der Waals surface area contributed by atoms with Crippen molar-refractivity contribution in [3.63, 3.8) is 0 Å². The molecule has 0 spiro atoms. The predicted octanol–water partition coefficient (Wildman–Crippen LogP) is 1.85. The second-order valence-corrected chi connectivity index (χ2v) is 7.09. The number of hydrogen-bond donors (Lipinski definition) is 1. The molecule has 0 radical (unpaired) electrons. The number of benzene rings is 2. The van der Waals surface area contributed by atoms with Crippen LogP contribution >= 0.6 is 0 Å². The number of anilines is 1. The number of rotatable bonds is 6. The number of methoxy groups -OCH3 is 3. The molecule has 10 heteroatoms. The van der Waals surface area contributed by atoms with Gasteiger partial charge in [0.15, 0.2) is 0 Å². The van der Waals surface area contributed by atoms with Crippen LogP contribution in [-0.4, -0.2) is 47.7 Å². The van der Waals surface area contributed by atoms with E-state index in [0.717, 1.165) is 32.4 Å². The number of nitrogens with one attached hydrogen (secondary N) is 1. The van der Waals surface area contributed by atoms with Crippen LogP contribution in [0.5, 0.6) is 0 Å². The highest BCUT2D eigenvalue weighted by Crippen LogP contribution is 2.21. The molecule has 0 bridgehead atoms. The molecule has 1 N–H and O–H groups in total. The molecule has 0 fully saturated rings. The van der Waals surface area contributed by atoms with Crippen molar-refractivity contribution in [2.45, 2.75) is 4.90 Å². The summed E-state index contributed by atoms with van der Waals surface area (Å²) >= 11 is 0. The SMILES string of the molecule is COC(=O)c1cccc(NS(=O)(=O)c2cc(C(=O)OC)cc(C(=O)OC)c2)c1. The monoisotopic (exact) mass is 407 g/mol. The Labute approximate surface area is 161 Å². The minimum atomic E-state index is -4.21. The van der Waals surface area contributed by atoms with E-state index in [4.69, 9.17) is 0 Å². The quantitative estimate of drug-likeness (QED) is 0.568. The summed E-state index contributed by atoms with van der Waals surface area (Å²) in [6.07, 6.45) is 0. The lowest BCUT2D eigenvalue weighted by Gasteiger charge is -2.11. The fraction of sp³-hybridized carbons (Fsp3) is 0.167. The number of hydrogen-bond acceptors (Lipinski definition) is 8. The molecule has 0 atom stereocenters. The Bertz CT molecular complexity index is 995. The molecular formula is C18H17NO8S. The molecule has 0 aliphatic rings. The number of carbonyl (C=O) groups is 3. The van der Waals surface area contributed by atoms with Crippen molar-refractivity contribution in [3.8, 4) is 0 Å². The molecule has 0 unspecified atom stereocenters. The minimum absolute atomic E-state index is 0.0889. The Balaban J connectivity index is 2.48. The highest BCUT2D eigenvalue weighted by atomic mass is 32.2. The number of carbonyl (C=O) groups excluding carboxylic acids is 3. The molecule has 0 aromatic heterocycles. The van der Waals surface area contributed by atoms with Gasteiger partial charge in [0.2, 0.25) is 0 Å². The molecule has 2 aromatic carbocycles. The van der Waals surface area contributed by atoms with Gasteiger partial charge in [0.05, 0.1) is 42.9 Å². The molecule has 0 amide bonds. The van der Waals surface area contributed by atoms with Gasteiger partial charge in [-0.3, -0.25) is 4.72 Å². The molecular weight excluding hydrogens is 390 g/mol. The van der Waals surface area contributed by atoms with Gasteiger partial charge in [0.25, 0.3) is 10.0 Å². The van der Waals surface area contributed by atoms with Crippen LogP contribution in [0.15, 0.2) is 47.4 Å². The first kappa shape index (κ1) is 20.9. The highest BCUT2D eigenvalue weighted by molar-refractivity contribution is 7.92. The molecule has 2 rings (SSSR count). The summed E-state index contributed by atoms with van der Waals surface area (Å²) in [6, 6.07) is 8.92. The lowest BCUT2D eigenvalue weighted by Crippen LogP contribution is -2.16. The molecule has 0 aliphatic carbocycles. The van der Waals surface area contributed by atoms with Crippen LogP contribution in [0.2, 0.25) is 0 Å². The van der Waals surface area contributed by atoms with Gasteiger partial charge in [-0.15, -0.1) is 0 Å². The Hall–Kier alpha value is -3.40. The van der Waals surface area contributed by atoms with E-state index in [1.54, 1.807) is 0 Å². The number of esters is 3. The lowest BCUT2D eigenvalue weighted by molar-refractivity contribution is 0.0587. The first-order valence-corrected chi connectivity index (χ1v) is 9.23. The fourth-order valence-electron chi connectivity index (χ4n) is 2.27. The second-order valence-electron chi connectivity index (χ2n) is 5.41. The molecule has 28 heavy (non-hydrogen) atoms. The van der Waals surface area contributed by atoms with Crippen LogP contribution in [0.3, 0.4) is 0 Å². The third-order valence-corrected chi connectivity index (χ3v) is 4.96. The molecule has 0 saturated carbocycles. The Morgan fingerprint density at radius 3 is 1.75 bits per heavy atom. The third kappa shape index (κ3) is 4.65. The van der Waals surface area contributed by atoms with Crippen LogP contribution in [-0.2, 0) is 24.2 Å². The molecule has 148 valence electrons. The Morgan fingerprint density at radius 1 is 0.750 bits per heavy atom. The smallest absolute Gasteiger partial charge is 0.337 e. The number of ether oxygens (including phenoxy) is 3. The van der Waals surface area contributed by atoms with E-state index in [1.807, 2.05) is 0 Å². The molecule has 0 aliphatic heterocycles. The lowest BCUT2D eigenvalue weighted by atomic mass is 10.1. The van der Waals surface area contributed by atoms with Gasteiger partial charge in [-0.2, -0.15) is 0 Å². The van der Waals surface area contributed by atoms with Crippen molar-refractivity contribution in [3.05, 3.63) is 59.2 Å². The van der Waals surface area contributed by atoms with E-state index in [9.17, 15) is 22.8 Å². The normalized spacial score (nSPS) is 10.7. The van der Waals surface area contributed by atoms with E-state index in [2.05, 4.69) is 18.9 Å². The largest absolute Gasteiger partial charge is 0.465 e. The summed E-state index contributed by atoms with van der Waals surface area (Å²) in [7, 11) is -0.763. The molecule has 9 nitrogen and oxygen atoms in total. The maximum atomic E-state index is 12.7. The van der Waals surface area contributed by atoms with Crippen LogP contribution in [0.1, 0.15) is 31.1 Å². The first-order chi connectivity index (χ1) is 13.2. The zero-order chi connectivity index (χ0) is 20.9. The topological polar surface area (TPSA) is 125 Å². The third-order valence-electron chi connectivity index (χ3n) is 3.59. The van der Waals surface area contributed by atoms with E-state index < -0.39 is 27.9 Å². The van der Waals surface area contributed by atoms with Crippen molar-refractivity contribution in [2.24, 2.45) is 0 Å². The maximum absolute atomic E-state index is 12.7. The Morgan fingerprint density at radius 2 is 1.25 bits per heavy atom. The van der Waals surface area contributed by atoms with E-state index in [0.29, 0.717) is 0 Å². The minimum Gasteiger partial charge on any atom is -0.465 e. The van der Waals surface area contributed by atoms with E-state index >= 15 is 0 Å². The zero-order valence-corrected chi connectivity index (χ0v) is 16.0. The standard InChI is InChI=1S/C18H17NO8S/c1-25-16(20)11-5-4-6-14(8-11)19-28(23,24)15-9-12(17(21)26-2)7-13(10-15)18(22)27-3/h4-10,19H,1-3H3. The summed E-state index contributed by atoms with van der Waals surface area (Å²) in [5.74, 6) is -2.29. The van der Waals surface area contributed by atoms with Crippen molar-refractivity contribution >= 4 is 33.6 Å². The van der Waals surface area contributed by atoms with Crippen molar-refractivity contribution in [2.75, 3.05) is 26.1 Å². The van der Waals surface area contributed by atoms with Crippen molar-refractivity contribution in [1.82, 2.24) is 0 Å². The van der Waals surface area contributed by atoms with Gasteiger partial charge in [-0.25, -0.2) is 22.8 Å². The maximum Gasteiger partial charge on any atom is 0.337 e. The van der Waals surface area contributed by atoms with Crippen LogP contribution in [0, 0.1) is 0 Å². The highest BCUT2D eigenvalue weighted by Gasteiger charge is 2.21. The van der Waals surface area contributed by atoms with Gasteiger partial charge in [-0.1, -0.05) is 6.07 Å². The van der Waals surface area contributed by atoms with Gasteiger partial charge < -0.3 is 14.2 Å². The van der Waals surface area contributed by atoms with Crippen molar-refractivity contribution in [1.29, 1.82) is 0 Å². The van der Waals surface area contributed by atoms with Crippen LogP contribution in [0.25, 0.3) is 0 Å². The van der Waals surface area contributed by atoms with Crippen molar-refractivity contribution < 1.29 is 37.0 Å². The average molecular weight is 407 g/mol. The molecule has 0 saturated heterocycles. The van der Waals surface area contributed by atoms with E-state index in [-0.39, 0.29) is 27.3 Å². The Kier molecular flexibility index (Phi) is 6.37. The summed E-state index contributed by atoms with van der Waals surface area (Å²) < 4.78 is 41.5. The fourth-order valence-corrected chi connectivity index (χ4v) is 3.39. The van der Waals surface area contributed by atoms with Gasteiger partial charge in [0, 0.05) is 5.69 Å². The van der Waals surface area contributed by atoms with Crippen LogP contribution in [0.4, 0.5) is 5.69 Å².